The zero-order chi connectivity index (χ0) is 14.6. The Balaban J connectivity index is 1.98. The summed E-state index contributed by atoms with van der Waals surface area (Å²) in [6.07, 6.45) is 10.7. The summed E-state index contributed by atoms with van der Waals surface area (Å²) in [4.78, 5) is 0. The van der Waals surface area contributed by atoms with E-state index in [9.17, 15) is 4.39 Å². The minimum absolute atomic E-state index is 0.169. The van der Waals surface area contributed by atoms with Crippen LogP contribution in [0.15, 0.2) is 22.7 Å². The van der Waals surface area contributed by atoms with E-state index >= 15 is 0 Å². The maximum Gasteiger partial charge on any atom is 0.123 e. The van der Waals surface area contributed by atoms with Crippen molar-refractivity contribution < 1.29 is 4.39 Å². The van der Waals surface area contributed by atoms with Crippen LogP contribution in [0.5, 0.6) is 0 Å². The smallest absolute Gasteiger partial charge is 0.123 e. The molecule has 20 heavy (non-hydrogen) atoms. The zero-order valence-electron chi connectivity index (χ0n) is 12.6. The molecular formula is C17H27BrFN. The van der Waals surface area contributed by atoms with Crippen LogP contribution < -0.4 is 5.32 Å². The van der Waals surface area contributed by atoms with Gasteiger partial charge in [-0.25, -0.2) is 4.39 Å². The summed E-state index contributed by atoms with van der Waals surface area (Å²) in [5.41, 5.74) is 0.990. The predicted octanol–water partition coefficient (Wildman–Crippen LogP) is 5.82. The van der Waals surface area contributed by atoms with Gasteiger partial charge in [-0.3, -0.25) is 0 Å². The average molecular weight is 344 g/mol. The van der Waals surface area contributed by atoms with Gasteiger partial charge in [0.2, 0.25) is 0 Å². The molecule has 0 aliphatic rings. The molecular weight excluding hydrogens is 317 g/mol. The van der Waals surface area contributed by atoms with E-state index in [4.69, 9.17) is 0 Å². The number of halogens is 2. The van der Waals surface area contributed by atoms with Gasteiger partial charge >= 0.3 is 0 Å². The highest BCUT2D eigenvalue weighted by molar-refractivity contribution is 9.10. The Labute approximate surface area is 131 Å². The molecule has 0 aliphatic heterocycles. The summed E-state index contributed by atoms with van der Waals surface area (Å²) in [6, 6.07) is 4.83. The van der Waals surface area contributed by atoms with Gasteiger partial charge in [0.1, 0.15) is 5.82 Å². The molecule has 0 unspecified atom stereocenters. The van der Waals surface area contributed by atoms with Crippen LogP contribution in [-0.4, -0.2) is 6.54 Å². The highest BCUT2D eigenvalue weighted by Gasteiger charge is 2.01. The molecule has 1 rings (SSSR count). The Hall–Kier alpha value is -0.410. The lowest BCUT2D eigenvalue weighted by atomic mass is 10.1. The van der Waals surface area contributed by atoms with Crippen LogP contribution in [0.1, 0.15) is 63.9 Å². The molecule has 3 heteroatoms. The Morgan fingerprint density at radius 3 is 2.35 bits per heavy atom. The second kappa shape index (κ2) is 11.3. The van der Waals surface area contributed by atoms with Crippen LogP contribution in [0.4, 0.5) is 4.39 Å². The first kappa shape index (κ1) is 17.6. The van der Waals surface area contributed by atoms with E-state index in [1.165, 1.54) is 57.4 Å². The van der Waals surface area contributed by atoms with Crippen molar-refractivity contribution in [2.75, 3.05) is 6.54 Å². The zero-order valence-corrected chi connectivity index (χ0v) is 14.1. The van der Waals surface area contributed by atoms with Crippen molar-refractivity contribution in [2.24, 2.45) is 0 Å². The summed E-state index contributed by atoms with van der Waals surface area (Å²) in [5, 5.41) is 3.38. The minimum atomic E-state index is -0.169. The molecule has 0 bridgehead atoms. The fourth-order valence-corrected chi connectivity index (χ4v) is 2.67. The number of benzene rings is 1. The number of hydrogen-bond donors (Lipinski definition) is 1. The van der Waals surface area contributed by atoms with E-state index in [0.29, 0.717) is 0 Å². The van der Waals surface area contributed by atoms with Crippen molar-refractivity contribution in [3.63, 3.8) is 0 Å². The van der Waals surface area contributed by atoms with E-state index in [-0.39, 0.29) is 5.82 Å². The maximum absolute atomic E-state index is 13.1. The molecule has 0 saturated carbocycles. The third-order valence-electron chi connectivity index (χ3n) is 3.53. The second-order valence-corrected chi connectivity index (χ2v) is 6.24. The quantitative estimate of drug-likeness (QED) is 0.499. The van der Waals surface area contributed by atoms with E-state index in [1.807, 2.05) is 0 Å². The summed E-state index contributed by atoms with van der Waals surface area (Å²) in [7, 11) is 0. The van der Waals surface area contributed by atoms with Crippen molar-refractivity contribution in [1.29, 1.82) is 0 Å². The largest absolute Gasteiger partial charge is 0.313 e. The lowest BCUT2D eigenvalue weighted by Gasteiger charge is -2.07. The van der Waals surface area contributed by atoms with E-state index < -0.39 is 0 Å². The lowest BCUT2D eigenvalue weighted by molar-refractivity contribution is 0.554. The highest BCUT2D eigenvalue weighted by atomic mass is 79.9. The third-order valence-corrected chi connectivity index (χ3v) is 4.30. The van der Waals surface area contributed by atoms with Gasteiger partial charge in [-0.05, 0) is 36.7 Å². The molecule has 0 aliphatic carbocycles. The molecule has 0 fully saturated rings. The van der Waals surface area contributed by atoms with Gasteiger partial charge in [0.25, 0.3) is 0 Å². The van der Waals surface area contributed by atoms with Gasteiger partial charge in [0.15, 0.2) is 0 Å². The highest BCUT2D eigenvalue weighted by Crippen LogP contribution is 2.17. The molecule has 1 aromatic rings. The Bertz CT molecular complexity index is 368. The average Bonchev–Trinajstić information content (AvgIpc) is 2.44. The van der Waals surface area contributed by atoms with Crippen LogP contribution in [0.2, 0.25) is 0 Å². The summed E-state index contributed by atoms with van der Waals surface area (Å²) < 4.78 is 14.1. The third kappa shape index (κ3) is 8.01. The topological polar surface area (TPSA) is 12.0 Å². The minimum Gasteiger partial charge on any atom is -0.313 e. The Morgan fingerprint density at radius 2 is 1.65 bits per heavy atom. The van der Waals surface area contributed by atoms with Crippen LogP contribution in [-0.2, 0) is 6.54 Å². The molecule has 1 N–H and O–H groups in total. The standard InChI is InChI=1S/C17H27BrFN/c1-2-3-4-5-6-7-8-9-12-20-14-15-13-16(19)10-11-17(15)18/h10-11,13,20H,2-9,12,14H2,1H3. The molecule has 0 spiro atoms. The van der Waals surface area contributed by atoms with Gasteiger partial charge in [-0.15, -0.1) is 0 Å². The fraction of sp³-hybridized carbons (Fsp3) is 0.647. The molecule has 0 saturated heterocycles. The molecule has 0 atom stereocenters. The summed E-state index contributed by atoms with van der Waals surface area (Å²) in [6.45, 7) is 4.00. The van der Waals surface area contributed by atoms with E-state index in [0.717, 1.165) is 23.1 Å². The molecule has 0 heterocycles. The van der Waals surface area contributed by atoms with Gasteiger partial charge < -0.3 is 5.32 Å². The first-order valence-electron chi connectivity index (χ1n) is 7.88. The van der Waals surface area contributed by atoms with Crippen LogP contribution in [0.25, 0.3) is 0 Å². The molecule has 1 aromatic carbocycles. The molecule has 0 amide bonds. The van der Waals surface area contributed by atoms with Crippen molar-refractivity contribution in [1.82, 2.24) is 5.32 Å². The number of rotatable bonds is 11. The molecule has 0 radical (unpaired) electrons. The van der Waals surface area contributed by atoms with E-state index in [1.54, 1.807) is 12.1 Å². The van der Waals surface area contributed by atoms with Crippen LogP contribution >= 0.6 is 15.9 Å². The van der Waals surface area contributed by atoms with Crippen LogP contribution in [0.3, 0.4) is 0 Å². The molecule has 0 aromatic heterocycles. The second-order valence-electron chi connectivity index (χ2n) is 5.39. The van der Waals surface area contributed by atoms with Gasteiger partial charge in [-0.2, -0.15) is 0 Å². The van der Waals surface area contributed by atoms with Gasteiger partial charge in [0, 0.05) is 11.0 Å². The maximum atomic E-state index is 13.1. The van der Waals surface area contributed by atoms with Crippen molar-refractivity contribution in [3.8, 4) is 0 Å². The number of hydrogen-bond acceptors (Lipinski definition) is 1. The normalized spacial score (nSPS) is 10.9. The SMILES string of the molecule is CCCCCCCCCCNCc1cc(F)ccc1Br. The van der Waals surface area contributed by atoms with Crippen molar-refractivity contribution in [3.05, 3.63) is 34.1 Å². The fourth-order valence-electron chi connectivity index (χ4n) is 2.29. The Morgan fingerprint density at radius 1 is 1.00 bits per heavy atom. The summed E-state index contributed by atoms with van der Waals surface area (Å²) in [5.74, 6) is -0.169. The van der Waals surface area contributed by atoms with Gasteiger partial charge in [0.05, 0.1) is 0 Å². The summed E-state index contributed by atoms with van der Waals surface area (Å²) >= 11 is 3.45. The van der Waals surface area contributed by atoms with E-state index in [2.05, 4.69) is 28.2 Å². The first-order chi connectivity index (χ1) is 9.74. The monoisotopic (exact) mass is 343 g/mol. The number of unbranched alkanes of at least 4 members (excludes halogenated alkanes) is 7. The van der Waals surface area contributed by atoms with Gasteiger partial charge in [-0.1, -0.05) is 67.8 Å². The number of nitrogens with one attached hydrogen (secondary N) is 1. The molecule has 1 nitrogen and oxygen atoms in total. The molecule has 114 valence electrons. The first-order valence-corrected chi connectivity index (χ1v) is 8.68. The van der Waals surface area contributed by atoms with Crippen molar-refractivity contribution >= 4 is 15.9 Å². The van der Waals surface area contributed by atoms with Crippen LogP contribution in [0, 0.1) is 5.82 Å². The predicted molar refractivity (Wildman–Crippen MR) is 88.4 cm³/mol. The lowest BCUT2D eigenvalue weighted by Crippen LogP contribution is -2.15. The van der Waals surface area contributed by atoms with Crippen molar-refractivity contribution in [2.45, 2.75) is 64.8 Å². The Kier molecular flexibility index (Phi) is 9.94.